The zero-order chi connectivity index (χ0) is 13.1. The van der Waals surface area contributed by atoms with Crippen LogP contribution >= 0.6 is 27.5 Å². The highest BCUT2D eigenvalue weighted by Crippen LogP contribution is 2.28. The van der Waals surface area contributed by atoms with Gasteiger partial charge in [-0.3, -0.25) is 15.5 Å². The number of nitrogens with one attached hydrogen (secondary N) is 1. The minimum Gasteiger partial charge on any atom is -0.271 e. The minimum absolute atomic E-state index is 0.245. The van der Waals surface area contributed by atoms with Crippen LogP contribution in [-0.4, -0.2) is 14.8 Å². The van der Waals surface area contributed by atoms with Crippen LogP contribution in [0.3, 0.4) is 0 Å². The standard InChI is InChI=1S/C11H13BrClN5/c1-2-18-11(9(13)6-16-18)10(17-14)7-3-8(12)5-15-4-7/h3-6,10,17H,2,14H2,1H3. The molecule has 0 saturated heterocycles. The second kappa shape index (κ2) is 5.79. The number of rotatable bonds is 4. The first-order valence-electron chi connectivity index (χ1n) is 5.45. The van der Waals surface area contributed by atoms with Crippen LogP contribution in [-0.2, 0) is 6.54 Å². The molecule has 2 aromatic heterocycles. The molecule has 1 unspecified atom stereocenters. The molecule has 3 N–H and O–H groups in total. The number of hydrogen-bond donors (Lipinski definition) is 2. The van der Waals surface area contributed by atoms with Gasteiger partial charge < -0.3 is 0 Å². The Bertz CT molecular complexity index is 542. The molecule has 0 bridgehead atoms. The number of hydrogen-bond acceptors (Lipinski definition) is 4. The first kappa shape index (κ1) is 13.5. The van der Waals surface area contributed by atoms with E-state index in [1.807, 2.05) is 17.7 Å². The van der Waals surface area contributed by atoms with Gasteiger partial charge in [-0.15, -0.1) is 0 Å². The summed E-state index contributed by atoms with van der Waals surface area (Å²) in [7, 11) is 0. The summed E-state index contributed by atoms with van der Waals surface area (Å²) >= 11 is 9.57. The van der Waals surface area contributed by atoms with Crippen LogP contribution in [0.2, 0.25) is 5.02 Å². The summed E-state index contributed by atoms with van der Waals surface area (Å²) < 4.78 is 2.70. The molecule has 7 heteroatoms. The second-order valence-electron chi connectivity index (χ2n) is 3.73. The summed E-state index contributed by atoms with van der Waals surface area (Å²) in [6.45, 7) is 2.72. The normalized spacial score (nSPS) is 12.7. The molecule has 5 nitrogen and oxygen atoms in total. The van der Waals surface area contributed by atoms with Gasteiger partial charge in [0.25, 0.3) is 0 Å². The Morgan fingerprint density at radius 3 is 2.89 bits per heavy atom. The van der Waals surface area contributed by atoms with Crippen LogP contribution in [0, 0.1) is 0 Å². The molecule has 0 radical (unpaired) electrons. The zero-order valence-corrected chi connectivity index (χ0v) is 12.1. The minimum atomic E-state index is -0.245. The average Bonchev–Trinajstić information content (AvgIpc) is 2.72. The third kappa shape index (κ3) is 2.56. The molecule has 2 heterocycles. The smallest absolute Gasteiger partial charge is 0.0908 e. The number of halogens is 2. The SMILES string of the molecule is CCn1ncc(Cl)c1C(NN)c1cncc(Br)c1. The highest BCUT2D eigenvalue weighted by Gasteiger charge is 2.21. The van der Waals surface area contributed by atoms with Crippen LogP contribution in [0.1, 0.15) is 24.2 Å². The van der Waals surface area contributed by atoms with E-state index < -0.39 is 0 Å². The fourth-order valence-corrected chi connectivity index (χ4v) is 2.46. The lowest BCUT2D eigenvalue weighted by atomic mass is 10.1. The summed E-state index contributed by atoms with van der Waals surface area (Å²) in [5, 5.41) is 4.79. The molecular weight excluding hydrogens is 318 g/mol. The van der Waals surface area contributed by atoms with Crippen molar-refractivity contribution in [2.45, 2.75) is 19.5 Å². The number of nitrogens with two attached hydrogens (primary N) is 1. The molecule has 2 rings (SSSR count). The Hall–Kier alpha value is -0.950. The average molecular weight is 331 g/mol. The van der Waals surface area contributed by atoms with E-state index in [9.17, 15) is 0 Å². The number of pyridine rings is 1. The van der Waals surface area contributed by atoms with Gasteiger partial charge in [-0.25, -0.2) is 5.43 Å². The van der Waals surface area contributed by atoms with Gasteiger partial charge in [-0.1, -0.05) is 11.6 Å². The molecule has 0 aliphatic heterocycles. The number of nitrogens with zero attached hydrogens (tertiary/aromatic N) is 3. The maximum Gasteiger partial charge on any atom is 0.0908 e. The summed E-state index contributed by atoms with van der Waals surface area (Å²) in [5.41, 5.74) is 4.51. The first-order chi connectivity index (χ1) is 8.67. The zero-order valence-electron chi connectivity index (χ0n) is 9.77. The van der Waals surface area contributed by atoms with Gasteiger partial charge in [0, 0.05) is 23.4 Å². The Labute approximate surface area is 118 Å². The van der Waals surface area contributed by atoms with Gasteiger partial charge in [0.1, 0.15) is 0 Å². The van der Waals surface area contributed by atoms with Gasteiger partial charge >= 0.3 is 0 Å². The fourth-order valence-electron chi connectivity index (χ4n) is 1.83. The van der Waals surface area contributed by atoms with Crippen molar-refractivity contribution in [1.82, 2.24) is 20.2 Å². The summed E-state index contributed by atoms with van der Waals surface area (Å²) in [4.78, 5) is 4.13. The lowest BCUT2D eigenvalue weighted by Gasteiger charge is -2.18. The summed E-state index contributed by atoms with van der Waals surface area (Å²) in [6, 6.07) is 1.70. The van der Waals surface area contributed by atoms with E-state index in [4.69, 9.17) is 17.4 Å². The van der Waals surface area contributed by atoms with Gasteiger partial charge in [-0.05, 0) is 34.5 Å². The quantitative estimate of drug-likeness (QED) is 0.666. The van der Waals surface area contributed by atoms with Crippen molar-refractivity contribution in [1.29, 1.82) is 0 Å². The molecule has 18 heavy (non-hydrogen) atoms. The van der Waals surface area contributed by atoms with Gasteiger partial charge in [0.05, 0.1) is 23.0 Å². The van der Waals surface area contributed by atoms with Crippen LogP contribution in [0.15, 0.2) is 29.1 Å². The van der Waals surface area contributed by atoms with E-state index in [0.29, 0.717) is 5.02 Å². The summed E-state index contributed by atoms with van der Waals surface area (Å²) in [6.07, 6.45) is 5.09. The lowest BCUT2D eigenvalue weighted by Crippen LogP contribution is -2.31. The van der Waals surface area contributed by atoms with Crippen molar-refractivity contribution in [3.63, 3.8) is 0 Å². The Balaban J connectivity index is 2.48. The van der Waals surface area contributed by atoms with Gasteiger partial charge in [0.2, 0.25) is 0 Å². The predicted octanol–water partition coefficient (Wildman–Crippen LogP) is 2.27. The Morgan fingerprint density at radius 1 is 1.50 bits per heavy atom. The highest BCUT2D eigenvalue weighted by atomic mass is 79.9. The van der Waals surface area contributed by atoms with Crippen molar-refractivity contribution in [3.05, 3.63) is 45.4 Å². The third-order valence-electron chi connectivity index (χ3n) is 2.63. The van der Waals surface area contributed by atoms with E-state index >= 15 is 0 Å². The Kier molecular flexibility index (Phi) is 4.34. The summed E-state index contributed by atoms with van der Waals surface area (Å²) in [5.74, 6) is 5.65. The maximum absolute atomic E-state index is 6.18. The molecule has 0 aliphatic carbocycles. The first-order valence-corrected chi connectivity index (χ1v) is 6.62. The maximum atomic E-state index is 6.18. The van der Waals surface area contributed by atoms with E-state index in [1.54, 1.807) is 18.6 Å². The van der Waals surface area contributed by atoms with E-state index in [0.717, 1.165) is 22.3 Å². The Morgan fingerprint density at radius 2 is 2.28 bits per heavy atom. The van der Waals surface area contributed by atoms with Crippen LogP contribution < -0.4 is 11.3 Å². The van der Waals surface area contributed by atoms with Crippen LogP contribution in [0.5, 0.6) is 0 Å². The molecule has 96 valence electrons. The van der Waals surface area contributed by atoms with Gasteiger partial charge in [0.15, 0.2) is 0 Å². The third-order valence-corrected chi connectivity index (χ3v) is 3.36. The van der Waals surface area contributed by atoms with Crippen molar-refractivity contribution in [2.75, 3.05) is 0 Å². The van der Waals surface area contributed by atoms with Gasteiger partial charge in [-0.2, -0.15) is 5.10 Å². The number of aryl methyl sites for hydroxylation is 1. The van der Waals surface area contributed by atoms with Crippen molar-refractivity contribution < 1.29 is 0 Å². The van der Waals surface area contributed by atoms with E-state index in [1.165, 1.54) is 0 Å². The predicted molar refractivity (Wildman–Crippen MR) is 74.0 cm³/mol. The largest absolute Gasteiger partial charge is 0.271 e. The highest BCUT2D eigenvalue weighted by molar-refractivity contribution is 9.10. The molecule has 0 spiro atoms. The van der Waals surface area contributed by atoms with Crippen LogP contribution in [0.25, 0.3) is 0 Å². The van der Waals surface area contributed by atoms with E-state index in [-0.39, 0.29) is 6.04 Å². The molecular formula is C11H13BrClN5. The van der Waals surface area contributed by atoms with Crippen molar-refractivity contribution in [3.8, 4) is 0 Å². The van der Waals surface area contributed by atoms with Crippen molar-refractivity contribution >= 4 is 27.5 Å². The van der Waals surface area contributed by atoms with Crippen molar-refractivity contribution in [2.24, 2.45) is 5.84 Å². The monoisotopic (exact) mass is 329 g/mol. The van der Waals surface area contributed by atoms with E-state index in [2.05, 4.69) is 31.4 Å². The molecule has 1 atom stereocenters. The lowest BCUT2D eigenvalue weighted by molar-refractivity contribution is 0.542. The number of aromatic nitrogens is 3. The van der Waals surface area contributed by atoms with Crippen LogP contribution in [0.4, 0.5) is 0 Å². The topological polar surface area (TPSA) is 68.8 Å². The molecule has 2 aromatic rings. The number of hydrazine groups is 1. The fraction of sp³-hybridized carbons (Fsp3) is 0.273. The second-order valence-corrected chi connectivity index (χ2v) is 5.05. The molecule has 0 fully saturated rings. The molecule has 0 aromatic carbocycles. The molecule has 0 amide bonds. The molecule has 0 aliphatic rings. The molecule has 0 saturated carbocycles.